The van der Waals surface area contributed by atoms with E-state index in [1.165, 1.54) is 5.56 Å². The number of benzene rings is 1. The van der Waals surface area contributed by atoms with E-state index in [-0.39, 0.29) is 5.54 Å². The van der Waals surface area contributed by atoms with E-state index >= 15 is 0 Å². The van der Waals surface area contributed by atoms with Crippen LogP contribution >= 0.6 is 0 Å². The lowest BCUT2D eigenvalue weighted by Gasteiger charge is -2.44. The predicted molar refractivity (Wildman–Crippen MR) is 83.3 cm³/mol. The van der Waals surface area contributed by atoms with Gasteiger partial charge in [-0.2, -0.15) is 0 Å². The SMILES string of the molecule is CC/C=C(\OCc1ccccc1)N1CCNCC1(C)C. The second-order valence-electron chi connectivity index (χ2n) is 5.87. The number of rotatable bonds is 5. The first kappa shape index (κ1) is 14.9. The summed E-state index contributed by atoms with van der Waals surface area (Å²) < 4.78 is 6.10. The van der Waals surface area contributed by atoms with Crippen LogP contribution in [0.15, 0.2) is 42.3 Å². The highest BCUT2D eigenvalue weighted by molar-refractivity contribution is 5.14. The Morgan fingerprint density at radius 2 is 2.10 bits per heavy atom. The van der Waals surface area contributed by atoms with Crippen molar-refractivity contribution in [3.8, 4) is 0 Å². The quantitative estimate of drug-likeness (QED) is 0.835. The zero-order valence-corrected chi connectivity index (χ0v) is 12.9. The molecule has 1 N–H and O–H groups in total. The molecule has 0 bridgehead atoms. The molecule has 1 fully saturated rings. The van der Waals surface area contributed by atoms with E-state index < -0.39 is 0 Å². The largest absolute Gasteiger partial charge is 0.474 e. The Hall–Kier alpha value is -1.48. The van der Waals surface area contributed by atoms with Gasteiger partial charge in [-0.15, -0.1) is 0 Å². The predicted octanol–water partition coefficient (Wildman–Crippen LogP) is 3.14. The molecule has 0 aromatic heterocycles. The van der Waals surface area contributed by atoms with Gasteiger partial charge in [-0.25, -0.2) is 0 Å². The zero-order chi connectivity index (χ0) is 14.4. The number of nitrogens with zero attached hydrogens (tertiary/aromatic N) is 1. The molecule has 0 saturated carbocycles. The van der Waals surface area contributed by atoms with Crippen LogP contribution in [0, 0.1) is 0 Å². The number of hydrogen-bond acceptors (Lipinski definition) is 3. The molecule has 0 atom stereocenters. The number of piperazine rings is 1. The Bertz CT molecular complexity index is 440. The van der Waals surface area contributed by atoms with E-state index in [4.69, 9.17) is 4.74 Å². The standard InChI is InChI=1S/C17H26N2O/c1-4-8-16(19-12-11-18-14-17(19,2)3)20-13-15-9-6-5-7-10-15/h5-10,18H,4,11-14H2,1-3H3/b16-8-. The Kier molecular flexibility index (Phi) is 5.07. The minimum Gasteiger partial charge on any atom is -0.474 e. The molecular formula is C17H26N2O. The average Bonchev–Trinajstić information content (AvgIpc) is 2.44. The van der Waals surface area contributed by atoms with Crippen LogP contribution in [0.2, 0.25) is 0 Å². The fourth-order valence-corrected chi connectivity index (χ4v) is 2.54. The topological polar surface area (TPSA) is 24.5 Å². The molecule has 110 valence electrons. The summed E-state index contributed by atoms with van der Waals surface area (Å²) in [6.45, 7) is 10.3. The summed E-state index contributed by atoms with van der Waals surface area (Å²) in [5.74, 6) is 1.02. The van der Waals surface area contributed by atoms with Gasteiger partial charge in [0.2, 0.25) is 0 Å². The van der Waals surface area contributed by atoms with Crippen LogP contribution in [0.1, 0.15) is 32.8 Å². The van der Waals surface area contributed by atoms with Crippen LogP contribution < -0.4 is 5.32 Å². The first-order valence-electron chi connectivity index (χ1n) is 7.49. The van der Waals surface area contributed by atoms with Crippen LogP contribution in [-0.4, -0.2) is 30.1 Å². The Labute approximate surface area is 122 Å². The summed E-state index contributed by atoms with van der Waals surface area (Å²) in [6, 6.07) is 10.3. The molecular weight excluding hydrogens is 248 g/mol. The molecule has 1 aliphatic heterocycles. The van der Waals surface area contributed by atoms with Crippen molar-refractivity contribution in [3.05, 3.63) is 47.9 Å². The summed E-state index contributed by atoms with van der Waals surface area (Å²) >= 11 is 0. The fourth-order valence-electron chi connectivity index (χ4n) is 2.54. The van der Waals surface area contributed by atoms with Crippen molar-refractivity contribution < 1.29 is 4.74 Å². The molecule has 1 saturated heterocycles. The minimum atomic E-state index is 0.0932. The summed E-state index contributed by atoms with van der Waals surface area (Å²) in [7, 11) is 0. The van der Waals surface area contributed by atoms with Gasteiger partial charge in [0.15, 0.2) is 5.88 Å². The van der Waals surface area contributed by atoms with Crippen molar-refractivity contribution in [3.63, 3.8) is 0 Å². The van der Waals surface area contributed by atoms with Gasteiger partial charge in [0.1, 0.15) is 6.61 Å². The van der Waals surface area contributed by atoms with Gasteiger partial charge >= 0.3 is 0 Å². The zero-order valence-electron chi connectivity index (χ0n) is 12.9. The van der Waals surface area contributed by atoms with Crippen LogP contribution in [-0.2, 0) is 11.3 Å². The number of hydrogen-bond donors (Lipinski definition) is 1. The van der Waals surface area contributed by atoms with E-state index in [0.29, 0.717) is 6.61 Å². The smallest absolute Gasteiger partial charge is 0.185 e. The van der Waals surface area contributed by atoms with Crippen LogP contribution in [0.5, 0.6) is 0 Å². The summed E-state index contributed by atoms with van der Waals surface area (Å²) in [6.07, 6.45) is 3.18. The molecule has 1 heterocycles. The maximum atomic E-state index is 6.10. The molecule has 0 unspecified atom stereocenters. The molecule has 0 amide bonds. The molecule has 1 aromatic carbocycles. The van der Waals surface area contributed by atoms with Crippen molar-refractivity contribution in [2.75, 3.05) is 19.6 Å². The summed E-state index contributed by atoms with van der Waals surface area (Å²) in [5.41, 5.74) is 1.30. The molecule has 3 heteroatoms. The van der Waals surface area contributed by atoms with Gasteiger partial charge in [0.05, 0.1) is 0 Å². The van der Waals surface area contributed by atoms with Gasteiger partial charge in [-0.3, -0.25) is 0 Å². The van der Waals surface area contributed by atoms with Crippen molar-refractivity contribution >= 4 is 0 Å². The Morgan fingerprint density at radius 1 is 1.35 bits per heavy atom. The number of nitrogens with one attached hydrogen (secondary N) is 1. The molecule has 1 aromatic rings. The fraction of sp³-hybridized carbons (Fsp3) is 0.529. The van der Waals surface area contributed by atoms with E-state index in [9.17, 15) is 0 Å². The second kappa shape index (κ2) is 6.80. The van der Waals surface area contributed by atoms with Gasteiger partial charge in [-0.1, -0.05) is 37.3 Å². The number of ether oxygens (including phenoxy) is 1. The van der Waals surface area contributed by atoms with Gasteiger partial charge in [-0.05, 0) is 31.9 Å². The molecule has 3 nitrogen and oxygen atoms in total. The normalized spacial score (nSPS) is 18.9. The van der Waals surface area contributed by atoms with Crippen molar-refractivity contribution in [1.29, 1.82) is 0 Å². The second-order valence-corrected chi connectivity index (χ2v) is 5.87. The first-order valence-corrected chi connectivity index (χ1v) is 7.49. The Morgan fingerprint density at radius 3 is 2.75 bits per heavy atom. The van der Waals surface area contributed by atoms with Gasteiger partial charge < -0.3 is 15.0 Å². The lowest BCUT2D eigenvalue weighted by atomic mass is 10.0. The van der Waals surface area contributed by atoms with Crippen molar-refractivity contribution in [1.82, 2.24) is 10.2 Å². The van der Waals surface area contributed by atoms with Crippen molar-refractivity contribution in [2.45, 2.75) is 39.3 Å². The van der Waals surface area contributed by atoms with E-state index in [1.54, 1.807) is 0 Å². The highest BCUT2D eigenvalue weighted by Gasteiger charge is 2.31. The van der Waals surface area contributed by atoms with Gasteiger partial charge in [0.25, 0.3) is 0 Å². The third kappa shape index (κ3) is 3.76. The highest BCUT2D eigenvalue weighted by atomic mass is 16.5. The maximum absolute atomic E-state index is 6.10. The van der Waals surface area contributed by atoms with E-state index in [2.05, 4.69) is 61.3 Å². The van der Waals surface area contributed by atoms with Crippen LogP contribution in [0.3, 0.4) is 0 Å². The first-order chi connectivity index (χ1) is 9.63. The van der Waals surface area contributed by atoms with E-state index in [0.717, 1.165) is 31.9 Å². The molecule has 0 aliphatic carbocycles. The summed E-state index contributed by atoms with van der Waals surface area (Å²) in [5, 5.41) is 3.45. The monoisotopic (exact) mass is 274 g/mol. The third-order valence-corrected chi connectivity index (χ3v) is 3.67. The van der Waals surface area contributed by atoms with Crippen molar-refractivity contribution in [2.24, 2.45) is 0 Å². The molecule has 20 heavy (non-hydrogen) atoms. The lowest BCUT2D eigenvalue weighted by Crippen LogP contribution is -2.57. The molecule has 0 spiro atoms. The molecule has 1 aliphatic rings. The maximum Gasteiger partial charge on any atom is 0.185 e. The molecule has 2 rings (SSSR count). The van der Waals surface area contributed by atoms with Crippen LogP contribution in [0.4, 0.5) is 0 Å². The van der Waals surface area contributed by atoms with Gasteiger partial charge in [0, 0.05) is 25.2 Å². The van der Waals surface area contributed by atoms with E-state index in [1.807, 2.05) is 6.07 Å². The minimum absolute atomic E-state index is 0.0932. The molecule has 0 radical (unpaired) electrons. The average molecular weight is 274 g/mol. The van der Waals surface area contributed by atoms with Crippen LogP contribution in [0.25, 0.3) is 0 Å². The number of allylic oxidation sites excluding steroid dienone is 1. The Balaban J connectivity index is 2.05. The third-order valence-electron chi connectivity index (χ3n) is 3.67. The highest BCUT2D eigenvalue weighted by Crippen LogP contribution is 2.23. The summed E-state index contributed by atoms with van der Waals surface area (Å²) in [4.78, 5) is 2.38. The lowest BCUT2D eigenvalue weighted by molar-refractivity contribution is 0.0269.